The lowest BCUT2D eigenvalue weighted by Crippen LogP contribution is -2.42. The van der Waals surface area contributed by atoms with Gasteiger partial charge in [0.15, 0.2) is 5.13 Å². The molecule has 1 saturated heterocycles. The van der Waals surface area contributed by atoms with Crippen molar-refractivity contribution >= 4 is 28.2 Å². The maximum absolute atomic E-state index is 12.7. The zero-order chi connectivity index (χ0) is 14.3. The standard InChI is InChI=1S/C14H22N4OS/c1-14(2)7-4-8-18(14)12(19)10-11(15)17-13(20-10)16-9-5-3-6-9/h9H,3-8,15H2,1-2H3,(H,16,17). The fourth-order valence-corrected chi connectivity index (χ4v) is 3.79. The van der Waals surface area contributed by atoms with Crippen molar-refractivity contribution in [3.8, 4) is 0 Å². The molecule has 2 aliphatic rings. The SMILES string of the molecule is CC1(C)CCCN1C(=O)c1sc(NC2CCC2)nc1N. The average Bonchev–Trinajstić information content (AvgIpc) is 2.86. The van der Waals surface area contributed by atoms with Crippen molar-refractivity contribution in [1.29, 1.82) is 0 Å². The Balaban J connectivity index is 1.77. The second-order valence-electron chi connectivity index (χ2n) is 6.38. The summed E-state index contributed by atoms with van der Waals surface area (Å²) in [5.74, 6) is 0.397. The topological polar surface area (TPSA) is 71.2 Å². The molecule has 1 aliphatic heterocycles. The van der Waals surface area contributed by atoms with E-state index in [4.69, 9.17) is 5.73 Å². The molecule has 1 aromatic heterocycles. The first kappa shape index (κ1) is 13.7. The molecule has 5 nitrogen and oxygen atoms in total. The number of aromatic nitrogens is 1. The van der Waals surface area contributed by atoms with Crippen molar-refractivity contribution in [2.75, 3.05) is 17.6 Å². The second kappa shape index (κ2) is 4.91. The Labute approximate surface area is 123 Å². The molecule has 0 radical (unpaired) electrons. The molecule has 2 fully saturated rings. The Morgan fingerprint density at radius 1 is 1.45 bits per heavy atom. The normalized spacial score (nSPS) is 21.8. The molecule has 1 aromatic rings. The van der Waals surface area contributed by atoms with E-state index in [2.05, 4.69) is 24.1 Å². The van der Waals surface area contributed by atoms with Gasteiger partial charge in [-0.15, -0.1) is 0 Å². The molecule has 1 amide bonds. The third-order valence-corrected chi connectivity index (χ3v) is 5.42. The van der Waals surface area contributed by atoms with Crippen LogP contribution in [0.1, 0.15) is 55.6 Å². The van der Waals surface area contributed by atoms with E-state index in [9.17, 15) is 4.79 Å². The third kappa shape index (κ3) is 2.37. The molecule has 0 aromatic carbocycles. The third-order valence-electron chi connectivity index (χ3n) is 4.43. The van der Waals surface area contributed by atoms with Gasteiger partial charge in [0.1, 0.15) is 10.7 Å². The van der Waals surface area contributed by atoms with Gasteiger partial charge in [0, 0.05) is 18.1 Å². The van der Waals surface area contributed by atoms with Gasteiger partial charge in [0.2, 0.25) is 0 Å². The summed E-state index contributed by atoms with van der Waals surface area (Å²) in [4.78, 5) is 19.5. The molecule has 2 heterocycles. The lowest BCUT2D eigenvalue weighted by Gasteiger charge is -2.31. The quantitative estimate of drug-likeness (QED) is 0.899. The van der Waals surface area contributed by atoms with E-state index < -0.39 is 0 Å². The van der Waals surface area contributed by atoms with Crippen molar-refractivity contribution in [2.24, 2.45) is 0 Å². The number of carbonyl (C=O) groups is 1. The molecule has 3 rings (SSSR count). The maximum Gasteiger partial charge on any atom is 0.268 e. The number of nitrogens with one attached hydrogen (secondary N) is 1. The number of amides is 1. The van der Waals surface area contributed by atoms with Crippen LogP contribution in [0.5, 0.6) is 0 Å². The molecule has 0 spiro atoms. The Bertz CT molecular complexity index is 521. The first-order valence-electron chi connectivity index (χ1n) is 7.32. The van der Waals surface area contributed by atoms with E-state index in [1.54, 1.807) is 0 Å². The van der Waals surface area contributed by atoms with Crippen LogP contribution in [0.3, 0.4) is 0 Å². The molecule has 0 bridgehead atoms. The fraction of sp³-hybridized carbons (Fsp3) is 0.714. The van der Waals surface area contributed by atoms with Gasteiger partial charge in [-0.3, -0.25) is 4.79 Å². The summed E-state index contributed by atoms with van der Waals surface area (Å²) >= 11 is 1.39. The average molecular weight is 294 g/mol. The summed E-state index contributed by atoms with van der Waals surface area (Å²) in [5.41, 5.74) is 5.87. The number of rotatable bonds is 3. The maximum atomic E-state index is 12.7. The Morgan fingerprint density at radius 2 is 2.20 bits per heavy atom. The molecular formula is C14H22N4OS. The summed E-state index contributed by atoms with van der Waals surface area (Å²) in [6.45, 7) is 5.04. The van der Waals surface area contributed by atoms with Gasteiger partial charge in [-0.1, -0.05) is 11.3 Å². The van der Waals surface area contributed by atoms with Gasteiger partial charge in [-0.05, 0) is 46.0 Å². The molecule has 1 aliphatic carbocycles. The van der Waals surface area contributed by atoms with Crippen LogP contribution in [-0.4, -0.2) is 33.9 Å². The van der Waals surface area contributed by atoms with E-state index in [0.29, 0.717) is 16.7 Å². The molecule has 20 heavy (non-hydrogen) atoms. The van der Waals surface area contributed by atoms with Crippen molar-refractivity contribution in [3.63, 3.8) is 0 Å². The number of thiazole rings is 1. The second-order valence-corrected chi connectivity index (χ2v) is 7.38. The molecule has 3 N–H and O–H groups in total. The van der Waals surface area contributed by atoms with Crippen LogP contribution in [0.2, 0.25) is 0 Å². The largest absolute Gasteiger partial charge is 0.382 e. The van der Waals surface area contributed by atoms with Gasteiger partial charge in [-0.2, -0.15) is 0 Å². The predicted molar refractivity (Wildman–Crippen MR) is 82.1 cm³/mol. The lowest BCUT2D eigenvalue weighted by molar-refractivity contribution is 0.0658. The van der Waals surface area contributed by atoms with Crippen molar-refractivity contribution in [3.05, 3.63) is 4.88 Å². The number of likely N-dealkylation sites (tertiary alicyclic amines) is 1. The summed E-state index contributed by atoms with van der Waals surface area (Å²) in [6.07, 6.45) is 5.74. The van der Waals surface area contributed by atoms with Gasteiger partial charge in [0.25, 0.3) is 5.91 Å². The molecule has 0 unspecified atom stereocenters. The van der Waals surface area contributed by atoms with E-state index in [1.165, 1.54) is 30.6 Å². The van der Waals surface area contributed by atoms with Crippen LogP contribution >= 0.6 is 11.3 Å². The highest BCUT2D eigenvalue weighted by Gasteiger charge is 2.37. The minimum atomic E-state index is -0.0743. The summed E-state index contributed by atoms with van der Waals surface area (Å²) in [6, 6.07) is 0.506. The molecule has 1 saturated carbocycles. The summed E-state index contributed by atoms with van der Waals surface area (Å²) < 4.78 is 0. The monoisotopic (exact) mass is 294 g/mol. The van der Waals surface area contributed by atoms with Crippen LogP contribution in [0, 0.1) is 0 Å². The van der Waals surface area contributed by atoms with Gasteiger partial charge in [-0.25, -0.2) is 4.98 Å². The van der Waals surface area contributed by atoms with E-state index in [0.717, 1.165) is 24.5 Å². The Morgan fingerprint density at radius 3 is 2.75 bits per heavy atom. The van der Waals surface area contributed by atoms with E-state index >= 15 is 0 Å². The summed E-state index contributed by atoms with van der Waals surface area (Å²) in [7, 11) is 0. The molecule has 110 valence electrons. The van der Waals surface area contributed by atoms with Gasteiger partial charge < -0.3 is 16.0 Å². The van der Waals surface area contributed by atoms with E-state index in [1.807, 2.05) is 4.90 Å². The highest BCUT2D eigenvalue weighted by atomic mass is 32.1. The molecular weight excluding hydrogens is 272 g/mol. The van der Waals surface area contributed by atoms with Crippen molar-refractivity contribution < 1.29 is 4.79 Å². The minimum absolute atomic E-state index is 0.0316. The molecule has 0 atom stereocenters. The smallest absolute Gasteiger partial charge is 0.268 e. The number of nitrogen functional groups attached to an aromatic ring is 1. The zero-order valence-corrected chi connectivity index (χ0v) is 12.9. The predicted octanol–water partition coefficient (Wildman–Crippen LogP) is 2.70. The number of anilines is 2. The highest BCUT2D eigenvalue weighted by molar-refractivity contribution is 7.18. The first-order chi connectivity index (χ1) is 9.47. The molecule has 6 heteroatoms. The lowest BCUT2D eigenvalue weighted by atomic mass is 9.93. The minimum Gasteiger partial charge on any atom is -0.382 e. The van der Waals surface area contributed by atoms with Crippen molar-refractivity contribution in [2.45, 2.75) is 57.5 Å². The van der Waals surface area contributed by atoms with Crippen LogP contribution in [0.25, 0.3) is 0 Å². The van der Waals surface area contributed by atoms with E-state index in [-0.39, 0.29) is 11.4 Å². The van der Waals surface area contributed by atoms with Crippen LogP contribution in [0.4, 0.5) is 10.9 Å². The van der Waals surface area contributed by atoms with Crippen molar-refractivity contribution in [1.82, 2.24) is 9.88 Å². The van der Waals surface area contributed by atoms with Crippen LogP contribution < -0.4 is 11.1 Å². The zero-order valence-electron chi connectivity index (χ0n) is 12.1. The number of nitrogens with two attached hydrogens (primary N) is 1. The Hall–Kier alpha value is -1.30. The first-order valence-corrected chi connectivity index (χ1v) is 8.14. The fourth-order valence-electron chi connectivity index (χ4n) is 2.88. The van der Waals surface area contributed by atoms with Crippen LogP contribution in [-0.2, 0) is 0 Å². The van der Waals surface area contributed by atoms with Crippen LogP contribution in [0.15, 0.2) is 0 Å². The number of nitrogens with zero attached hydrogens (tertiary/aromatic N) is 2. The van der Waals surface area contributed by atoms with Gasteiger partial charge >= 0.3 is 0 Å². The number of carbonyl (C=O) groups excluding carboxylic acids is 1. The number of hydrogen-bond acceptors (Lipinski definition) is 5. The summed E-state index contributed by atoms with van der Waals surface area (Å²) in [5, 5.41) is 4.15. The highest BCUT2D eigenvalue weighted by Crippen LogP contribution is 2.34. The number of hydrogen-bond donors (Lipinski definition) is 2. The van der Waals surface area contributed by atoms with Gasteiger partial charge in [0.05, 0.1) is 0 Å². The Kier molecular flexibility index (Phi) is 3.36.